The number of anilines is 1. The van der Waals surface area contributed by atoms with E-state index >= 15 is 0 Å². The van der Waals surface area contributed by atoms with Crippen LogP contribution < -0.4 is 10.6 Å². The van der Waals surface area contributed by atoms with E-state index in [-0.39, 0.29) is 18.0 Å². The number of hydrogen-bond donors (Lipinski definition) is 2. The van der Waals surface area contributed by atoms with E-state index in [9.17, 15) is 9.59 Å². The smallest absolute Gasteiger partial charge is 0.337 e. The number of methoxy groups -OCH3 is 1. The number of carbonyl (C=O) groups excluding carboxylic acids is 2. The Balaban J connectivity index is 1.95. The maximum atomic E-state index is 12.1. The van der Waals surface area contributed by atoms with Crippen molar-refractivity contribution in [1.29, 1.82) is 0 Å². The summed E-state index contributed by atoms with van der Waals surface area (Å²) >= 11 is 0. The van der Waals surface area contributed by atoms with Crippen molar-refractivity contribution in [2.45, 2.75) is 26.8 Å². The van der Waals surface area contributed by atoms with Crippen molar-refractivity contribution in [1.82, 2.24) is 5.32 Å². The van der Waals surface area contributed by atoms with Crippen LogP contribution in [0.4, 0.5) is 10.5 Å². The fraction of sp³-hybridized carbons (Fsp3) is 0.238. The highest BCUT2D eigenvalue weighted by Gasteiger charge is 2.07. The zero-order chi connectivity index (χ0) is 19.1. The maximum Gasteiger partial charge on any atom is 0.337 e. The molecule has 0 spiro atoms. The molecule has 26 heavy (non-hydrogen) atoms. The molecular weight excluding hydrogens is 328 g/mol. The van der Waals surface area contributed by atoms with Crippen molar-refractivity contribution in [2.24, 2.45) is 0 Å². The van der Waals surface area contributed by atoms with Gasteiger partial charge in [0, 0.05) is 11.3 Å². The first-order chi connectivity index (χ1) is 12.4. The van der Waals surface area contributed by atoms with Gasteiger partial charge in [0.15, 0.2) is 0 Å². The molecule has 0 aliphatic rings. The van der Waals surface area contributed by atoms with E-state index in [2.05, 4.69) is 27.2 Å². The van der Waals surface area contributed by atoms with Crippen LogP contribution in [0.2, 0.25) is 0 Å². The zero-order valence-electron chi connectivity index (χ0n) is 15.3. The summed E-state index contributed by atoms with van der Waals surface area (Å²) in [6.45, 7) is 5.72. The lowest BCUT2D eigenvalue weighted by atomic mass is 10.1. The third kappa shape index (κ3) is 5.38. The fourth-order valence-corrected chi connectivity index (χ4v) is 2.26. The van der Waals surface area contributed by atoms with Crippen LogP contribution in [0.1, 0.15) is 34.0 Å². The summed E-state index contributed by atoms with van der Waals surface area (Å²) in [5.74, 6) is 5.55. The van der Waals surface area contributed by atoms with Crippen molar-refractivity contribution < 1.29 is 14.3 Å². The number of urea groups is 1. The number of carbonyl (C=O) groups is 2. The Hall–Kier alpha value is -3.26. The minimum atomic E-state index is -0.386. The summed E-state index contributed by atoms with van der Waals surface area (Å²) in [4.78, 5) is 23.5. The molecule has 5 heteroatoms. The number of hydrogen-bond acceptors (Lipinski definition) is 3. The Labute approximate surface area is 153 Å². The molecule has 0 aliphatic carbocycles. The first-order valence-corrected chi connectivity index (χ1v) is 8.23. The second kappa shape index (κ2) is 8.72. The molecule has 0 aliphatic heterocycles. The standard InChI is InChI=1S/C21H22N2O3/c1-14-5-6-15(2)19(13-14)23-21(25)22-16(3)7-8-17-9-11-18(12-10-17)20(24)26-4/h5-6,9-13,16H,1-4H3,(H2,22,23,25). The molecule has 2 rings (SSSR count). The fourth-order valence-electron chi connectivity index (χ4n) is 2.26. The van der Waals surface area contributed by atoms with Crippen LogP contribution in [-0.4, -0.2) is 25.2 Å². The normalized spacial score (nSPS) is 10.9. The van der Waals surface area contributed by atoms with Gasteiger partial charge in [-0.25, -0.2) is 9.59 Å². The highest BCUT2D eigenvalue weighted by atomic mass is 16.5. The molecule has 0 heterocycles. The predicted molar refractivity (Wildman–Crippen MR) is 102 cm³/mol. The summed E-state index contributed by atoms with van der Waals surface area (Å²) in [6, 6.07) is 12.0. The summed E-state index contributed by atoms with van der Waals surface area (Å²) in [7, 11) is 1.34. The molecule has 0 saturated heterocycles. The average molecular weight is 350 g/mol. The van der Waals surface area contributed by atoms with Crippen molar-refractivity contribution in [3.63, 3.8) is 0 Å². The van der Waals surface area contributed by atoms with Gasteiger partial charge >= 0.3 is 12.0 Å². The number of amides is 2. The van der Waals surface area contributed by atoms with Gasteiger partial charge in [0.25, 0.3) is 0 Å². The predicted octanol–water partition coefficient (Wildman–Crippen LogP) is 3.65. The van der Waals surface area contributed by atoms with Crippen molar-refractivity contribution in [3.05, 3.63) is 64.7 Å². The summed E-state index contributed by atoms with van der Waals surface area (Å²) < 4.78 is 4.65. The van der Waals surface area contributed by atoms with Crippen LogP contribution in [0.25, 0.3) is 0 Å². The number of aryl methyl sites for hydroxylation is 2. The molecule has 0 saturated carbocycles. The number of nitrogens with one attached hydrogen (secondary N) is 2. The Kier molecular flexibility index (Phi) is 6.40. The van der Waals surface area contributed by atoms with E-state index in [1.165, 1.54) is 7.11 Å². The van der Waals surface area contributed by atoms with Gasteiger partial charge in [0.2, 0.25) is 0 Å². The third-order valence-corrected chi connectivity index (χ3v) is 3.73. The summed E-state index contributed by atoms with van der Waals surface area (Å²) in [6.07, 6.45) is 0. The molecule has 2 aromatic rings. The number of ether oxygens (including phenoxy) is 1. The average Bonchev–Trinajstić information content (AvgIpc) is 2.62. The van der Waals surface area contributed by atoms with Gasteiger partial charge in [0.05, 0.1) is 18.7 Å². The molecule has 1 unspecified atom stereocenters. The quantitative estimate of drug-likeness (QED) is 0.656. The summed E-state index contributed by atoms with van der Waals surface area (Å²) in [5.41, 5.74) is 4.07. The molecular formula is C21H22N2O3. The van der Waals surface area contributed by atoms with Gasteiger partial charge in [-0.2, -0.15) is 0 Å². The van der Waals surface area contributed by atoms with Gasteiger partial charge < -0.3 is 15.4 Å². The van der Waals surface area contributed by atoms with E-state index in [1.807, 2.05) is 32.0 Å². The van der Waals surface area contributed by atoms with Crippen molar-refractivity contribution >= 4 is 17.7 Å². The van der Waals surface area contributed by atoms with Crippen LogP contribution in [0.15, 0.2) is 42.5 Å². The Morgan fingerprint density at radius 1 is 1.08 bits per heavy atom. The molecule has 5 nitrogen and oxygen atoms in total. The number of benzene rings is 2. The Bertz CT molecular complexity index is 861. The lowest BCUT2D eigenvalue weighted by Crippen LogP contribution is -2.35. The number of esters is 1. The minimum Gasteiger partial charge on any atom is -0.465 e. The molecule has 0 bridgehead atoms. The van der Waals surface area contributed by atoms with Gasteiger partial charge in [-0.05, 0) is 62.2 Å². The van der Waals surface area contributed by atoms with Crippen molar-refractivity contribution in [3.8, 4) is 11.8 Å². The first kappa shape index (κ1) is 19.1. The van der Waals surface area contributed by atoms with Gasteiger partial charge in [-0.1, -0.05) is 24.0 Å². The van der Waals surface area contributed by atoms with Crippen LogP contribution in [0.3, 0.4) is 0 Å². The summed E-state index contributed by atoms with van der Waals surface area (Å²) in [5, 5.41) is 5.62. The lowest BCUT2D eigenvalue weighted by Gasteiger charge is -2.12. The zero-order valence-corrected chi connectivity index (χ0v) is 15.3. The molecule has 0 aromatic heterocycles. The van der Waals surface area contributed by atoms with Crippen LogP contribution in [-0.2, 0) is 4.74 Å². The molecule has 0 radical (unpaired) electrons. The largest absolute Gasteiger partial charge is 0.465 e. The first-order valence-electron chi connectivity index (χ1n) is 8.23. The molecule has 134 valence electrons. The van der Waals surface area contributed by atoms with E-state index in [0.29, 0.717) is 5.56 Å². The minimum absolute atomic E-state index is 0.304. The monoisotopic (exact) mass is 350 g/mol. The van der Waals surface area contributed by atoms with Crippen molar-refractivity contribution in [2.75, 3.05) is 12.4 Å². The lowest BCUT2D eigenvalue weighted by molar-refractivity contribution is 0.0600. The second-order valence-electron chi connectivity index (χ2n) is 5.98. The maximum absolute atomic E-state index is 12.1. The highest BCUT2D eigenvalue weighted by Crippen LogP contribution is 2.16. The van der Waals surface area contributed by atoms with Crippen LogP contribution >= 0.6 is 0 Å². The van der Waals surface area contributed by atoms with E-state index in [4.69, 9.17) is 0 Å². The molecule has 1 atom stereocenters. The van der Waals surface area contributed by atoms with E-state index < -0.39 is 0 Å². The third-order valence-electron chi connectivity index (χ3n) is 3.73. The van der Waals surface area contributed by atoms with Crippen LogP contribution in [0.5, 0.6) is 0 Å². The highest BCUT2D eigenvalue weighted by molar-refractivity contribution is 5.90. The van der Waals surface area contributed by atoms with E-state index in [1.54, 1.807) is 31.2 Å². The number of rotatable bonds is 3. The van der Waals surface area contributed by atoms with Gasteiger partial charge in [-0.15, -0.1) is 0 Å². The second-order valence-corrected chi connectivity index (χ2v) is 5.98. The molecule has 2 aromatic carbocycles. The molecule has 2 amide bonds. The molecule has 2 N–H and O–H groups in total. The Morgan fingerprint density at radius 3 is 2.42 bits per heavy atom. The van der Waals surface area contributed by atoms with Crippen LogP contribution in [0, 0.1) is 25.7 Å². The van der Waals surface area contributed by atoms with Gasteiger partial charge in [0.1, 0.15) is 0 Å². The SMILES string of the molecule is COC(=O)c1ccc(C#CC(C)NC(=O)Nc2cc(C)ccc2C)cc1. The topological polar surface area (TPSA) is 67.4 Å². The Morgan fingerprint density at radius 2 is 1.77 bits per heavy atom. The van der Waals surface area contributed by atoms with E-state index in [0.717, 1.165) is 22.4 Å². The molecule has 0 fully saturated rings. The van der Waals surface area contributed by atoms with Gasteiger partial charge in [-0.3, -0.25) is 0 Å².